The second-order valence-corrected chi connectivity index (χ2v) is 5.38. The number of carboxylic acids is 1. The van der Waals surface area contributed by atoms with Gasteiger partial charge in [0, 0.05) is 6.54 Å². The lowest BCUT2D eigenvalue weighted by Gasteiger charge is -2.13. The molecule has 6 nitrogen and oxygen atoms in total. The second-order valence-electron chi connectivity index (χ2n) is 5.38. The molecule has 6 heteroatoms. The maximum atomic E-state index is 11.7. The van der Waals surface area contributed by atoms with Crippen molar-refractivity contribution in [3.8, 4) is 0 Å². The lowest BCUT2D eigenvalue weighted by molar-refractivity contribution is 0.0695. The SMILES string of the molecule is CCC1(CNC(=O)NCc2cc(C(=O)O)c(C)o2)CC1. The van der Waals surface area contributed by atoms with Crippen LogP contribution in [0.3, 0.4) is 0 Å². The molecule has 0 bridgehead atoms. The van der Waals surface area contributed by atoms with Gasteiger partial charge in [-0.05, 0) is 37.7 Å². The van der Waals surface area contributed by atoms with Crippen LogP contribution in [0.25, 0.3) is 0 Å². The van der Waals surface area contributed by atoms with Gasteiger partial charge in [0.15, 0.2) is 0 Å². The van der Waals surface area contributed by atoms with Crippen molar-refractivity contribution in [1.29, 1.82) is 0 Å². The maximum absolute atomic E-state index is 11.7. The molecule has 0 unspecified atom stereocenters. The van der Waals surface area contributed by atoms with E-state index in [9.17, 15) is 9.59 Å². The minimum atomic E-state index is -1.03. The van der Waals surface area contributed by atoms with E-state index in [1.165, 1.54) is 18.9 Å². The molecule has 2 amide bonds. The number of carboxylic acid groups (broad SMARTS) is 1. The van der Waals surface area contributed by atoms with Crippen LogP contribution in [-0.2, 0) is 6.54 Å². The second kappa shape index (κ2) is 5.56. The van der Waals surface area contributed by atoms with E-state index in [1.54, 1.807) is 6.92 Å². The van der Waals surface area contributed by atoms with Gasteiger partial charge >= 0.3 is 12.0 Å². The molecule has 1 aliphatic carbocycles. The third-order valence-corrected chi connectivity index (χ3v) is 3.95. The Kier molecular flexibility index (Phi) is 4.01. The van der Waals surface area contributed by atoms with E-state index < -0.39 is 5.97 Å². The van der Waals surface area contributed by atoms with Crippen LogP contribution in [0.2, 0.25) is 0 Å². The molecular weight excluding hydrogens is 260 g/mol. The van der Waals surface area contributed by atoms with Gasteiger partial charge in [-0.25, -0.2) is 9.59 Å². The standard InChI is InChI=1S/C14H20N2O4/c1-3-14(4-5-14)8-16-13(19)15-7-10-6-11(12(17)18)9(2)20-10/h6H,3-5,7-8H2,1-2H3,(H,17,18)(H2,15,16,19). The van der Waals surface area contributed by atoms with Gasteiger partial charge < -0.3 is 20.2 Å². The average molecular weight is 280 g/mol. The molecule has 2 rings (SSSR count). The largest absolute Gasteiger partial charge is 0.478 e. The summed E-state index contributed by atoms with van der Waals surface area (Å²) in [4.78, 5) is 22.5. The Morgan fingerprint density at radius 1 is 1.40 bits per heavy atom. The quantitative estimate of drug-likeness (QED) is 0.745. The predicted molar refractivity (Wildman–Crippen MR) is 72.6 cm³/mol. The van der Waals surface area contributed by atoms with E-state index in [1.807, 2.05) is 0 Å². The van der Waals surface area contributed by atoms with E-state index >= 15 is 0 Å². The summed E-state index contributed by atoms with van der Waals surface area (Å²) in [5, 5.41) is 14.4. The molecule has 0 atom stereocenters. The van der Waals surface area contributed by atoms with Crippen LogP contribution in [0.5, 0.6) is 0 Å². The number of hydrogen-bond donors (Lipinski definition) is 3. The van der Waals surface area contributed by atoms with Crippen LogP contribution < -0.4 is 10.6 Å². The molecule has 1 aliphatic rings. The third-order valence-electron chi connectivity index (χ3n) is 3.95. The highest BCUT2D eigenvalue weighted by Gasteiger charge is 2.40. The predicted octanol–water partition coefficient (Wildman–Crippen LogP) is 2.28. The van der Waals surface area contributed by atoms with Crippen molar-refractivity contribution in [1.82, 2.24) is 10.6 Å². The fraction of sp³-hybridized carbons (Fsp3) is 0.571. The molecule has 0 saturated heterocycles. The van der Waals surface area contributed by atoms with Crippen molar-refractivity contribution in [3.63, 3.8) is 0 Å². The van der Waals surface area contributed by atoms with E-state index in [4.69, 9.17) is 9.52 Å². The molecule has 1 heterocycles. The summed E-state index contributed by atoms with van der Waals surface area (Å²) >= 11 is 0. The fourth-order valence-corrected chi connectivity index (χ4v) is 2.17. The number of aromatic carboxylic acids is 1. The van der Waals surface area contributed by atoms with Crippen LogP contribution in [0.15, 0.2) is 10.5 Å². The minimum absolute atomic E-state index is 0.130. The molecule has 110 valence electrons. The van der Waals surface area contributed by atoms with Gasteiger partial charge in [0.2, 0.25) is 0 Å². The normalized spacial score (nSPS) is 15.7. The number of urea groups is 1. The van der Waals surface area contributed by atoms with Gasteiger partial charge in [-0.15, -0.1) is 0 Å². The molecule has 20 heavy (non-hydrogen) atoms. The monoisotopic (exact) mass is 280 g/mol. The van der Waals surface area contributed by atoms with Crippen molar-refractivity contribution in [3.05, 3.63) is 23.2 Å². The minimum Gasteiger partial charge on any atom is -0.478 e. The Hall–Kier alpha value is -1.98. The maximum Gasteiger partial charge on any atom is 0.339 e. The van der Waals surface area contributed by atoms with Crippen molar-refractivity contribution < 1.29 is 19.1 Å². The highest BCUT2D eigenvalue weighted by atomic mass is 16.4. The summed E-state index contributed by atoms with van der Waals surface area (Å²) in [5.41, 5.74) is 0.430. The molecule has 1 saturated carbocycles. The van der Waals surface area contributed by atoms with Crippen molar-refractivity contribution >= 4 is 12.0 Å². The van der Waals surface area contributed by atoms with Crippen LogP contribution in [0.1, 0.15) is 48.1 Å². The number of hydrogen-bond acceptors (Lipinski definition) is 3. The average Bonchev–Trinajstić information content (AvgIpc) is 3.10. The van der Waals surface area contributed by atoms with Crippen LogP contribution in [-0.4, -0.2) is 23.7 Å². The number of carbonyl (C=O) groups is 2. The molecule has 0 radical (unpaired) electrons. The van der Waals surface area contributed by atoms with Gasteiger partial charge in [0.05, 0.1) is 6.54 Å². The molecule has 0 aliphatic heterocycles. The first kappa shape index (κ1) is 14.4. The molecule has 1 fully saturated rings. The summed E-state index contributed by atoms with van der Waals surface area (Å²) in [5.74, 6) is -0.245. The summed E-state index contributed by atoms with van der Waals surface area (Å²) in [6.45, 7) is 4.59. The molecule has 0 aromatic carbocycles. The smallest absolute Gasteiger partial charge is 0.339 e. The van der Waals surface area contributed by atoms with Gasteiger partial charge in [-0.2, -0.15) is 0 Å². The Balaban J connectivity index is 1.78. The summed E-state index contributed by atoms with van der Waals surface area (Å²) in [7, 11) is 0. The van der Waals surface area contributed by atoms with Crippen molar-refractivity contribution in [2.45, 2.75) is 39.7 Å². The van der Waals surface area contributed by atoms with Gasteiger partial charge in [0.1, 0.15) is 17.1 Å². The topological polar surface area (TPSA) is 91.6 Å². The number of nitrogens with one attached hydrogen (secondary N) is 2. The van der Waals surface area contributed by atoms with E-state index in [-0.39, 0.29) is 18.1 Å². The molecular formula is C14H20N2O4. The Morgan fingerprint density at radius 3 is 2.60 bits per heavy atom. The lowest BCUT2D eigenvalue weighted by atomic mass is 10.0. The first-order valence-corrected chi connectivity index (χ1v) is 6.80. The van der Waals surface area contributed by atoms with E-state index in [0.717, 1.165) is 6.42 Å². The van der Waals surface area contributed by atoms with Crippen molar-refractivity contribution in [2.75, 3.05) is 6.54 Å². The Labute approximate surface area is 117 Å². The Bertz CT molecular complexity index is 517. The number of rotatable bonds is 6. The van der Waals surface area contributed by atoms with Crippen LogP contribution >= 0.6 is 0 Å². The first-order valence-electron chi connectivity index (χ1n) is 6.80. The number of furan rings is 1. The molecule has 1 aromatic heterocycles. The summed E-state index contributed by atoms with van der Waals surface area (Å²) in [6, 6.07) is 1.18. The van der Waals surface area contributed by atoms with Crippen LogP contribution in [0, 0.1) is 12.3 Å². The zero-order chi connectivity index (χ0) is 14.8. The zero-order valence-corrected chi connectivity index (χ0v) is 11.8. The molecule has 3 N–H and O–H groups in total. The zero-order valence-electron chi connectivity index (χ0n) is 11.8. The third kappa shape index (κ3) is 3.31. The number of carbonyl (C=O) groups excluding carboxylic acids is 1. The number of amides is 2. The highest BCUT2D eigenvalue weighted by Crippen LogP contribution is 2.47. The van der Waals surface area contributed by atoms with Gasteiger partial charge in [-0.3, -0.25) is 0 Å². The van der Waals surface area contributed by atoms with E-state index in [2.05, 4.69) is 17.6 Å². The lowest BCUT2D eigenvalue weighted by Crippen LogP contribution is -2.38. The molecule has 1 aromatic rings. The van der Waals surface area contributed by atoms with Gasteiger partial charge in [0.25, 0.3) is 0 Å². The summed E-state index contributed by atoms with van der Waals surface area (Å²) in [6.07, 6.45) is 3.42. The first-order chi connectivity index (χ1) is 9.46. The molecule has 0 spiro atoms. The van der Waals surface area contributed by atoms with Crippen LogP contribution in [0.4, 0.5) is 4.79 Å². The van der Waals surface area contributed by atoms with Crippen molar-refractivity contribution in [2.24, 2.45) is 5.41 Å². The van der Waals surface area contributed by atoms with E-state index in [0.29, 0.717) is 23.5 Å². The highest BCUT2D eigenvalue weighted by molar-refractivity contribution is 5.88. The summed E-state index contributed by atoms with van der Waals surface area (Å²) < 4.78 is 5.28. The van der Waals surface area contributed by atoms with Gasteiger partial charge in [-0.1, -0.05) is 6.92 Å². The number of aryl methyl sites for hydroxylation is 1. The fourth-order valence-electron chi connectivity index (χ4n) is 2.17. The Morgan fingerprint density at radius 2 is 2.10 bits per heavy atom.